The maximum absolute atomic E-state index is 5.79. The molecule has 3 heteroatoms. The number of benzene rings is 1. The Kier molecular flexibility index (Phi) is 3.76. The summed E-state index contributed by atoms with van der Waals surface area (Å²) in [7, 11) is 0. The quantitative estimate of drug-likeness (QED) is 0.908. The molecule has 1 N–H and O–H groups in total. The average molecular weight is 258 g/mol. The molecule has 2 rings (SSSR count). The highest BCUT2D eigenvalue weighted by Crippen LogP contribution is 2.23. The number of aromatic nitrogens is 1. The molecular weight excluding hydrogens is 236 g/mol. The van der Waals surface area contributed by atoms with E-state index in [0.717, 1.165) is 17.2 Å². The van der Waals surface area contributed by atoms with Gasteiger partial charge in [-0.15, -0.1) is 0 Å². The summed E-state index contributed by atoms with van der Waals surface area (Å²) in [6.45, 7) is 11.2. The summed E-state index contributed by atoms with van der Waals surface area (Å²) in [5.74, 6) is 1.55. The van der Waals surface area contributed by atoms with Gasteiger partial charge in [0, 0.05) is 11.1 Å². The van der Waals surface area contributed by atoms with Crippen LogP contribution in [-0.4, -0.2) is 10.5 Å². The van der Waals surface area contributed by atoms with Crippen LogP contribution >= 0.6 is 0 Å². The van der Waals surface area contributed by atoms with Crippen molar-refractivity contribution in [2.75, 3.05) is 0 Å². The molecule has 3 nitrogen and oxygen atoms in total. The van der Waals surface area contributed by atoms with Crippen molar-refractivity contribution in [3.63, 3.8) is 0 Å². The van der Waals surface area contributed by atoms with Crippen LogP contribution in [0.25, 0.3) is 11.3 Å². The summed E-state index contributed by atoms with van der Waals surface area (Å²) >= 11 is 0. The van der Waals surface area contributed by atoms with Crippen LogP contribution in [0.15, 0.2) is 28.8 Å². The lowest BCUT2D eigenvalue weighted by Gasteiger charge is -2.18. The first-order chi connectivity index (χ1) is 8.85. The molecule has 0 aliphatic rings. The SMILES string of the molecule is Cc1ccc(-c2cnc(CNC(C)(C)C)o2)cc1C. The normalized spacial score (nSPS) is 11.8. The van der Waals surface area contributed by atoms with E-state index in [9.17, 15) is 0 Å². The number of nitrogens with zero attached hydrogens (tertiary/aromatic N) is 1. The van der Waals surface area contributed by atoms with Gasteiger partial charge in [-0.3, -0.25) is 0 Å². The number of aryl methyl sites for hydroxylation is 2. The van der Waals surface area contributed by atoms with Crippen molar-refractivity contribution in [3.05, 3.63) is 41.4 Å². The number of hydrogen-bond donors (Lipinski definition) is 1. The lowest BCUT2D eigenvalue weighted by molar-refractivity contribution is 0.383. The number of nitrogens with one attached hydrogen (secondary N) is 1. The standard InChI is InChI=1S/C16H22N2O/c1-11-6-7-13(8-12(11)2)14-9-17-15(19-14)10-18-16(3,4)5/h6-9,18H,10H2,1-5H3. The van der Waals surface area contributed by atoms with E-state index in [2.05, 4.69) is 63.1 Å². The fraction of sp³-hybridized carbons (Fsp3) is 0.438. The van der Waals surface area contributed by atoms with Gasteiger partial charge in [-0.2, -0.15) is 0 Å². The molecule has 1 aromatic carbocycles. The predicted molar refractivity (Wildman–Crippen MR) is 78.0 cm³/mol. The molecule has 0 amide bonds. The highest BCUT2D eigenvalue weighted by molar-refractivity contribution is 5.58. The van der Waals surface area contributed by atoms with Crippen molar-refractivity contribution >= 4 is 0 Å². The maximum atomic E-state index is 5.79. The van der Waals surface area contributed by atoms with Gasteiger partial charge < -0.3 is 9.73 Å². The van der Waals surface area contributed by atoms with E-state index < -0.39 is 0 Å². The smallest absolute Gasteiger partial charge is 0.208 e. The van der Waals surface area contributed by atoms with Crippen LogP contribution in [0.3, 0.4) is 0 Å². The van der Waals surface area contributed by atoms with E-state index in [0.29, 0.717) is 6.54 Å². The Morgan fingerprint density at radius 2 is 1.89 bits per heavy atom. The Morgan fingerprint density at radius 3 is 2.53 bits per heavy atom. The highest BCUT2D eigenvalue weighted by Gasteiger charge is 2.12. The van der Waals surface area contributed by atoms with Gasteiger partial charge in [-0.1, -0.05) is 12.1 Å². The molecular formula is C16H22N2O. The molecule has 0 saturated carbocycles. The van der Waals surface area contributed by atoms with Gasteiger partial charge in [-0.05, 0) is 51.8 Å². The third-order valence-corrected chi connectivity index (χ3v) is 3.11. The third-order valence-electron chi connectivity index (χ3n) is 3.11. The second kappa shape index (κ2) is 5.17. The molecule has 0 radical (unpaired) electrons. The van der Waals surface area contributed by atoms with Gasteiger partial charge in [0.25, 0.3) is 0 Å². The van der Waals surface area contributed by atoms with E-state index in [1.165, 1.54) is 11.1 Å². The van der Waals surface area contributed by atoms with Crippen molar-refractivity contribution in [2.24, 2.45) is 0 Å². The van der Waals surface area contributed by atoms with Crippen LogP contribution in [0.4, 0.5) is 0 Å². The summed E-state index contributed by atoms with van der Waals surface area (Å²) in [5, 5.41) is 3.37. The number of rotatable bonds is 3. The van der Waals surface area contributed by atoms with Crippen LogP contribution in [0, 0.1) is 13.8 Å². The van der Waals surface area contributed by atoms with Gasteiger partial charge in [0.15, 0.2) is 5.76 Å². The van der Waals surface area contributed by atoms with Crippen molar-refractivity contribution in [1.82, 2.24) is 10.3 Å². The highest BCUT2D eigenvalue weighted by atomic mass is 16.4. The van der Waals surface area contributed by atoms with Crippen molar-refractivity contribution in [3.8, 4) is 11.3 Å². The summed E-state index contributed by atoms with van der Waals surface area (Å²) < 4.78 is 5.79. The van der Waals surface area contributed by atoms with E-state index >= 15 is 0 Å². The van der Waals surface area contributed by atoms with Gasteiger partial charge >= 0.3 is 0 Å². The second-order valence-corrected chi connectivity index (χ2v) is 6.02. The van der Waals surface area contributed by atoms with E-state index in [4.69, 9.17) is 4.42 Å². The molecule has 0 spiro atoms. The Bertz CT molecular complexity index is 564. The first kappa shape index (κ1) is 13.8. The molecule has 19 heavy (non-hydrogen) atoms. The predicted octanol–water partition coefficient (Wildman–Crippen LogP) is 3.85. The minimum absolute atomic E-state index is 0.0646. The minimum atomic E-state index is 0.0646. The van der Waals surface area contributed by atoms with Crippen LogP contribution in [0.5, 0.6) is 0 Å². The zero-order chi connectivity index (χ0) is 14.0. The van der Waals surface area contributed by atoms with Gasteiger partial charge in [0.2, 0.25) is 5.89 Å². The lowest BCUT2D eigenvalue weighted by atomic mass is 10.1. The molecule has 0 atom stereocenters. The molecule has 0 saturated heterocycles. The molecule has 102 valence electrons. The van der Waals surface area contributed by atoms with Gasteiger partial charge in [0.1, 0.15) is 0 Å². The number of hydrogen-bond acceptors (Lipinski definition) is 3. The van der Waals surface area contributed by atoms with Crippen LogP contribution in [0.2, 0.25) is 0 Å². The van der Waals surface area contributed by atoms with Crippen LogP contribution < -0.4 is 5.32 Å². The largest absolute Gasteiger partial charge is 0.439 e. The molecule has 1 aromatic heterocycles. The summed E-state index contributed by atoms with van der Waals surface area (Å²) in [5.41, 5.74) is 3.70. The Labute approximate surface area is 115 Å². The number of oxazole rings is 1. The monoisotopic (exact) mass is 258 g/mol. The van der Waals surface area contributed by atoms with Gasteiger partial charge in [-0.25, -0.2) is 4.98 Å². The topological polar surface area (TPSA) is 38.1 Å². The molecule has 0 aliphatic carbocycles. The molecule has 0 fully saturated rings. The van der Waals surface area contributed by atoms with Gasteiger partial charge in [0.05, 0.1) is 12.7 Å². The Morgan fingerprint density at radius 1 is 1.16 bits per heavy atom. The Hall–Kier alpha value is -1.61. The second-order valence-electron chi connectivity index (χ2n) is 6.02. The molecule has 2 aromatic rings. The first-order valence-corrected chi connectivity index (χ1v) is 6.62. The summed E-state index contributed by atoms with van der Waals surface area (Å²) in [6.07, 6.45) is 1.80. The maximum Gasteiger partial charge on any atom is 0.208 e. The first-order valence-electron chi connectivity index (χ1n) is 6.62. The van der Waals surface area contributed by atoms with E-state index in [1.807, 2.05) is 0 Å². The molecule has 0 bridgehead atoms. The average Bonchev–Trinajstić information content (AvgIpc) is 2.78. The Balaban J connectivity index is 2.14. The zero-order valence-electron chi connectivity index (χ0n) is 12.4. The van der Waals surface area contributed by atoms with E-state index in [1.54, 1.807) is 6.20 Å². The fourth-order valence-corrected chi connectivity index (χ4v) is 1.76. The minimum Gasteiger partial charge on any atom is -0.439 e. The van der Waals surface area contributed by atoms with Crippen molar-refractivity contribution in [1.29, 1.82) is 0 Å². The van der Waals surface area contributed by atoms with Crippen molar-refractivity contribution < 1.29 is 4.42 Å². The third kappa shape index (κ3) is 3.67. The van der Waals surface area contributed by atoms with Crippen LogP contribution in [-0.2, 0) is 6.54 Å². The van der Waals surface area contributed by atoms with Crippen molar-refractivity contribution in [2.45, 2.75) is 46.7 Å². The molecule has 0 aliphatic heterocycles. The fourth-order valence-electron chi connectivity index (χ4n) is 1.76. The summed E-state index contributed by atoms with van der Waals surface area (Å²) in [4.78, 5) is 4.32. The van der Waals surface area contributed by atoms with Crippen LogP contribution in [0.1, 0.15) is 37.8 Å². The van der Waals surface area contributed by atoms with E-state index in [-0.39, 0.29) is 5.54 Å². The lowest BCUT2D eigenvalue weighted by Crippen LogP contribution is -2.35. The molecule has 1 heterocycles. The zero-order valence-corrected chi connectivity index (χ0v) is 12.4. The summed E-state index contributed by atoms with van der Waals surface area (Å²) in [6, 6.07) is 6.32. The molecule has 0 unspecified atom stereocenters.